The molecule has 0 aromatic rings. The predicted octanol–water partition coefficient (Wildman–Crippen LogP) is 0.106. The largest absolute Gasteiger partial charge is 0.340 e. The van der Waals surface area contributed by atoms with Gasteiger partial charge >= 0.3 is 0 Å². The summed E-state index contributed by atoms with van der Waals surface area (Å²) in [5.74, 6) is 0.321. The van der Waals surface area contributed by atoms with Crippen LogP contribution in [0.25, 0.3) is 0 Å². The molecule has 3 aliphatic rings. The van der Waals surface area contributed by atoms with Gasteiger partial charge in [0.1, 0.15) is 0 Å². The van der Waals surface area contributed by atoms with Crippen LogP contribution in [0.4, 0.5) is 0 Å². The van der Waals surface area contributed by atoms with Crippen LogP contribution >= 0.6 is 0 Å². The van der Waals surface area contributed by atoms with Crippen LogP contribution in [0.2, 0.25) is 0 Å². The first-order chi connectivity index (χ1) is 9.72. The predicted molar refractivity (Wildman–Crippen MR) is 79.4 cm³/mol. The normalized spacial score (nSPS) is 30.2. The zero-order chi connectivity index (χ0) is 13.9. The van der Waals surface area contributed by atoms with Crippen LogP contribution in [0, 0.1) is 0 Å². The number of nitrogens with two attached hydrogens (primary N) is 1. The Morgan fingerprint density at radius 1 is 1.00 bits per heavy atom. The van der Waals surface area contributed by atoms with Crippen molar-refractivity contribution in [3.63, 3.8) is 0 Å². The fourth-order valence-corrected chi connectivity index (χ4v) is 3.78. The summed E-state index contributed by atoms with van der Waals surface area (Å²) in [4.78, 5) is 19.3. The van der Waals surface area contributed by atoms with Gasteiger partial charge in [-0.15, -0.1) is 0 Å². The van der Waals surface area contributed by atoms with Crippen molar-refractivity contribution in [2.24, 2.45) is 5.73 Å². The maximum Gasteiger partial charge on any atom is 0.236 e. The molecule has 3 heterocycles. The molecule has 114 valence electrons. The number of carbonyl (C=O) groups excluding carboxylic acids is 1. The Hall–Kier alpha value is -0.650. The fourth-order valence-electron chi connectivity index (χ4n) is 3.78. The summed E-state index contributed by atoms with van der Waals surface area (Å²) in [6, 6.07) is 0.962. The topological polar surface area (TPSA) is 52.8 Å². The van der Waals surface area contributed by atoms with Gasteiger partial charge in [0, 0.05) is 38.3 Å². The number of likely N-dealkylation sites (tertiary alicyclic amines) is 3. The minimum absolute atomic E-state index is 0.321. The summed E-state index contributed by atoms with van der Waals surface area (Å²) in [6.07, 6.45) is 5.89. The maximum atomic E-state index is 12.4. The molecular weight excluding hydrogens is 252 g/mol. The summed E-state index contributed by atoms with van der Waals surface area (Å²) >= 11 is 0. The average Bonchev–Trinajstić information content (AvgIpc) is 3.11. The highest BCUT2D eigenvalue weighted by atomic mass is 16.2. The molecule has 1 unspecified atom stereocenters. The summed E-state index contributed by atoms with van der Waals surface area (Å²) in [5.41, 5.74) is 5.91. The lowest BCUT2D eigenvalue weighted by Crippen LogP contribution is -2.46. The number of nitrogens with zero attached hydrogens (tertiary/aromatic N) is 3. The lowest BCUT2D eigenvalue weighted by molar-refractivity contribution is -0.131. The molecule has 3 rings (SSSR count). The number of amides is 1. The first-order valence-electron chi connectivity index (χ1n) is 8.22. The van der Waals surface area contributed by atoms with E-state index in [2.05, 4.69) is 14.7 Å². The third-order valence-corrected chi connectivity index (χ3v) is 5.16. The first kappa shape index (κ1) is 14.3. The molecule has 3 aliphatic heterocycles. The SMILES string of the molecule is NC1CCN(CC(=O)N2CCC(N3CCCC3)C2)CC1. The molecule has 5 nitrogen and oxygen atoms in total. The highest BCUT2D eigenvalue weighted by Gasteiger charge is 2.32. The average molecular weight is 280 g/mol. The zero-order valence-corrected chi connectivity index (χ0v) is 12.5. The van der Waals surface area contributed by atoms with Crippen LogP contribution in [-0.4, -0.2) is 78.5 Å². The molecule has 0 radical (unpaired) electrons. The van der Waals surface area contributed by atoms with Gasteiger partial charge in [0.05, 0.1) is 6.54 Å². The second kappa shape index (κ2) is 6.41. The summed E-state index contributed by atoms with van der Waals surface area (Å²) in [7, 11) is 0. The molecule has 1 atom stereocenters. The Bertz CT molecular complexity index is 335. The van der Waals surface area contributed by atoms with Gasteiger partial charge < -0.3 is 10.6 Å². The van der Waals surface area contributed by atoms with E-state index in [0.29, 0.717) is 24.5 Å². The van der Waals surface area contributed by atoms with Gasteiger partial charge in [-0.05, 0) is 45.2 Å². The minimum Gasteiger partial charge on any atom is -0.340 e. The van der Waals surface area contributed by atoms with Gasteiger partial charge in [0.25, 0.3) is 0 Å². The fraction of sp³-hybridized carbons (Fsp3) is 0.933. The van der Waals surface area contributed by atoms with Crippen molar-refractivity contribution in [2.75, 3.05) is 45.8 Å². The number of hydrogen-bond donors (Lipinski definition) is 1. The van der Waals surface area contributed by atoms with Gasteiger partial charge in [-0.25, -0.2) is 0 Å². The molecule has 0 bridgehead atoms. The lowest BCUT2D eigenvalue weighted by atomic mass is 10.1. The van der Waals surface area contributed by atoms with E-state index in [1.165, 1.54) is 25.9 Å². The molecule has 1 amide bonds. The lowest BCUT2D eigenvalue weighted by Gasteiger charge is -2.31. The molecular formula is C15H28N4O. The molecule has 2 N–H and O–H groups in total. The minimum atomic E-state index is 0.321. The van der Waals surface area contributed by atoms with E-state index in [1.807, 2.05) is 0 Å². The van der Waals surface area contributed by atoms with Crippen LogP contribution in [0.5, 0.6) is 0 Å². The molecule has 5 heteroatoms. The smallest absolute Gasteiger partial charge is 0.236 e. The summed E-state index contributed by atoms with van der Waals surface area (Å²) in [5, 5.41) is 0. The van der Waals surface area contributed by atoms with Crippen molar-refractivity contribution in [1.82, 2.24) is 14.7 Å². The Labute approximate surface area is 122 Å². The Morgan fingerprint density at radius 2 is 1.70 bits per heavy atom. The summed E-state index contributed by atoms with van der Waals surface area (Å²) in [6.45, 7) is 6.93. The Kier molecular flexibility index (Phi) is 4.58. The maximum absolute atomic E-state index is 12.4. The van der Waals surface area contributed by atoms with E-state index in [0.717, 1.165) is 45.4 Å². The van der Waals surface area contributed by atoms with Crippen LogP contribution in [0.3, 0.4) is 0 Å². The van der Waals surface area contributed by atoms with Gasteiger partial charge in [-0.2, -0.15) is 0 Å². The highest BCUT2D eigenvalue weighted by Crippen LogP contribution is 2.20. The third-order valence-electron chi connectivity index (χ3n) is 5.16. The quantitative estimate of drug-likeness (QED) is 0.797. The molecule has 3 saturated heterocycles. The van der Waals surface area contributed by atoms with Crippen LogP contribution in [0.15, 0.2) is 0 Å². The molecule has 3 fully saturated rings. The highest BCUT2D eigenvalue weighted by molar-refractivity contribution is 5.78. The van der Waals surface area contributed by atoms with Gasteiger partial charge in [-0.1, -0.05) is 0 Å². The van der Waals surface area contributed by atoms with Crippen molar-refractivity contribution in [3.05, 3.63) is 0 Å². The van der Waals surface area contributed by atoms with Crippen molar-refractivity contribution in [3.8, 4) is 0 Å². The van der Waals surface area contributed by atoms with E-state index >= 15 is 0 Å². The second-order valence-corrected chi connectivity index (χ2v) is 6.64. The van der Waals surface area contributed by atoms with E-state index in [4.69, 9.17) is 5.73 Å². The Balaban J connectivity index is 1.44. The molecule has 0 aromatic heterocycles. The monoisotopic (exact) mass is 280 g/mol. The third kappa shape index (κ3) is 3.32. The van der Waals surface area contributed by atoms with Crippen molar-refractivity contribution >= 4 is 5.91 Å². The standard InChI is InChI=1S/C15H28N4O/c16-13-3-8-17(9-4-13)12-15(20)19-10-5-14(11-19)18-6-1-2-7-18/h13-14H,1-12,16H2. The van der Waals surface area contributed by atoms with Crippen LogP contribution in [-0.2, 0) is 4.79 Å². The van der Waals surface area contributed by atoms with E-state index < -0.39 is 0 Å². The molecule has 0 aromatic carbocycles. The molecule has 0 saturated carbocycles. The van der Waals surface area contributed by atoms with Crippen molar-refractivity contribution in [2.45, 2.75) is 44.2 Å². The molecule has 20 heavy (non-hydrogen) atoms. The number of carbonyl (C=O) groups is 1. The Morgan fingerprint density at radius 3 is 2.40 bits per heavy atom. The van der Waals surface area contributed by atoms with Gasteiger partial charge in [0.15, 0.2) is 0 Å². The van der Waals surface area contributed by atoms with Gasteiger partial charge in [0.2, 0.25) is 5.91 Å². The molecule has 0 spiro atoms. The number of rotatable bonds is 3. The number of hydrogen-bond acceptors (Lipinski definition) is 4. The van der Waals surface area contributed by atoms with Crippen LogP contribution in [0.1, 0.15) is 32.1 Å². The van der Waals surface area contributed by atoms with Gasteiger partial charge in [-0.3, -0.25) is 14.6 Å². The molecule has 0 aliphatic carbocycles. The van der Waals surface area contributed by atoms with Crippen molar-refractivity contribution in [1.29, 1.82) is 0 Å². The first-order valence-corrected chi connectivity index (χ1v) is 8.22. The van der Waals surface area contributed by atoms with Crippen LogP contribution < -0.4 is 5.73 Å². The second-order valence-electron chi connectivity index (χ2n) is 6.64. The summed E-state index contributed by atoms with van der Waals surface area (Å²) < 4.78 is 0. The van der Waals surface area contributed by atoms with E-state index in [1.54, 1.807) is 0 Å². The zero-order valence-electron chi connectivity index (χ0n) is 12.5. The van der Waals surface area contributed by atoms with E-state index in [-0.39, 0.29) is 0 Å². The van der Waals surface area contributed by atoms with Crippen molar-refractivity contribution < 1.29 is 4.79 Å². The van der Waals surface area contributed by atoms with E-state index in [9.17, 15) is 4.79 Å². The number of piperidine rings is 1.